The maximum Gasteiger partial charge on any atom is 0.0666 e. The third kappa shape index (κ3) is 4.51. The highest BCUT2D eigenvalue weighted by molar-refractivity contribution is 7.99. The van der Waals surface area contributed by atoms with E-state index >= 15 is 0 Å². The highest BCUT2D eigenvalue weighted by atomic mass is 32.2. The van der Waals surface area contributed by atoms with Crippen molar-refractivity contribution in [1.29, 1.82) is 0 Å². The van der Waals surface area contributed by atoms with Crippen molar-refractivity contribution < 1.29 is 4.74 Å². The molecule has 0 aromatic heterocycles. The fourth-order valence-electron chi connectivity index (χ4n) is 2.59. The van der Waals surface area contributed by atoms with Gasteiger partial charge in [-0.3, -0.25) is 0 Å². The smallest absolute Gasteiger partial charge is 0.0666 e. The van der Waals surface area contributed by atoms with Crippen LogP contribution in [0.4, 0.5) is 0 Å². The van der Waals surface area contributed by atoms with Crippen molar-refractivity contribution in [1.82, 2.24) is 5.32 Å². The molecule has 2 rings (SSSR count). The Morgan fingerprint density at radius 3 is 2.85 bits per heavy atom. The monoisotopic (exact) mass is 293 g/mol. The molecule has 0 bridgehead atoms. The molecule has 1 saturated heterocycles. The van der Waals surface area contributed by atoms with Gasteiger partial charge in [-0.25, -0.2) is 0 Å². The number of hydrogen-bond acceptors (Lipinski definition) is 3. The van der Waals surface area contributed by atoms with Crippen LogP contribution in [-0.2, 0) is 4.74 Å². The van der Waals surface area contributed by atoms with Gasteiger partial charge in [-0.05, 0) is 49.9 Å². The van der Waals surface area contributed by atoms with E-state index in [4.69, 9.17) is 4.74 Å². The van der Waals surface area contributed by atoms with Crippen molar-refractivity contribution in [3.05, 3.63) is 34.9 Å². The van der Waals surface area contributed by atoms with Crippen LogP contribution in [0.25, 0.3) is 0 Å². The minimum atomic E-state index is 0.450. The molecule has 1 heterocycles. The second-order valence-electron chi connectivity index (χ2n) is 5.63. The SMILES string of the molecule is CCNC(CSCC1CCCO1)c1ccc(C)c(C)c1. The molecular weight excluding hydrogens is 266 g/mol. The van der Waals surface area contributed by atoms with Gasteiger partial charge in [-0.15, -0.1) is 0 Å². The van der Waals surface area contributed by atoms with E-state index in [1.165, 1.54) is 29.5 Å². The number of benzene rings is 1. The summed E-state index contributed by atoms with van der Waals surface area (Å²) in [6.07, 6.45) is 2.96. The first kappa shape index (κ1) is 15.9. The molecule has 0 amide bonds. The highest BCUT2D eigenvalue weighted by Gasteiger charge is 2.17. The van der Waals surface area contributed by atoms with Crippen LogP contribution in [-0.4, -0.2) is 30.8 Å². The van der Waals surface area contributed by atoms with Gasteiger partial charge >= 0.3 is 0 Å². The molecule has 2 atom stereocenters. The standard InChI is InChI=1S/C17H27NOS/c1-4-18-17(12-20-11-16-6-5-9-19-16)15-8-7-13(2)14(3)10-15/h7-8,10,16-18H,4-6,9,11-12H2,1-3H3. The number of nitrogens with one attached hydrogen (secondary N) is 1. The first-order valence-corrected chi connectivity index (χ1v) is 8.86. The lowest BCUT2D eigenvalue weighted by Crippen LogP contribution is -2.24. The van der Waals surface area contributed by atoms with E-state index in [1.54, 1.807) is 0 Å². The molecule has 1 aromatic rings. The summed E-state index contributed by atoms with van der Waals surface area (Å²) in [6, 6.07) is 7.28. The zero-order valence-corrected chi connectivity index (χ0v) is 13.8. The second-order valence-corrected chi connectivity index (χ2v) is 6.70. The van der Waals surface area contributed by atoms with Gasteiger partial charge in [0.15, 0.2) is 0 Å². The van der Waals surface area contributed by atoms with Crippen molar-refractivity contribution in [2.24, 2.45) is 0 Å². The molecule has 2 nitrogen and oxygen atoms in total. The number of hydrogen-bond donors (Lipinski definition) is 1. The van der Waals surface area contributed by atoms with Gasteiger partial charge in [0.2, 0.25) is 0 Å². The van der Waals surface area contributed by atoms with E-state index in [2.05, 4.69) is 44.3 Å². The number of aryl methyl sites for hydroxylation is 2. The lowest BCUT2D eigenvalue weighted by Gasteiger charge is -2.20. The van der Waals surface area contributed by atoms with E-state index < -0.39 is 0 Å². The van der Waals surface area contributed by atoms with Gasteiger partial charge < -0.3 is 10.1 Å². The summed E-state index contributed by atoms with van der Waals surface area (Å²) >= 11 is 2.02. The van der Waals surface area contributed by atoms with Crippen molar-refractivity contribution in [2.75, 3.05) is 24.7 Å². The fourth-order valence-corrected chi connectivity index (χ4v) is 3.80. The van der Waals surface area contributed by atoms with Crippen LogP contribution >= 0.6 is 11.8 Å². The van der Waals surface area contributed by atoms with Crippen LogP contribution in [0.15, 0.2) is 18.2 Å². The Bertz CT molecular complexity index is 415. The molecule has 1 fully saturated rings. The molecule has 1 aromatic carbocycles. The van der Waals surface area contributed by atoms with Crippen LogP contribution in [0.1, 0.15) is 42.5 Å². The molecule has 112 valence electrons. The first-order valence-electron chi connectivity index (χ1n) is 7.70. The first-order chi connectivity index (χ1) is 9.70. The maximum atomic E-state index is 5.69. The molecule has 1 aliphatic heterocycles. The molecule has 0 aliphatic carbocycles. The predicted octanol–water partition coefficient (Wildman–Crippen LogP) is 3.87. The normalized spacial score (nSPS) is 20.2. The van der Waals surface area contributed by atoms with E-state index in [0.717, 1.165) is 24.7 Å². The summed E-state index contributed by atoms with van der Waals surface area (Å²) in [5, 5.41) is 3.61. The minimum absolute atomic E-state index is 0.450. The zero-order valence-electron chi connectivity index (χ0n) is 12.9. The van der Waals surface area contributed by atoms with Crippen LogP contribution in [0.3, 0.4) is 0 Å². The van der Waals surface area contributed by atoms with Crippen LogP contribution in [0.5, 0.6) is 0 Å². The molecular formula is C17H27NOS. The molecule has 0 radical (unpaired) electrons. The highest BCUT2D eigenvalue weighted by Crippen LogP contribution is 2.23. The van der Waals surface area contributed by atoms with Crippen molar-refractivity contribution in [3.8, 4) is 0 Å². The largest absolute Gasteiger partial charge is 0.377 e. The van der Waals surface area contributed by atoms with Gasteiger partial charge in [0.1, 0.15) is 0 Å². The van der Waals surface area contributed by atoms with Gasteiger partial charge in [0.25, 0.3) is 0 Å². The molecule has 0 spiro atoms. The summed E-state index contributed by atoms with van der Waals surface area (Å²) in [5.74, 6) is 2.25. The van der Waals surface area contributed by atoms with Crippen LogP contribution < -0.4 is 5.32 Å². The topological polar surface area (TPSA) is 21.3 Å². The van der Waals surface area contributed by atoms with Crippen LogP contribution in [0, 0.1) is 13.8 Å². The summed E-state index contributed by atoms with van der Waals surface area (Å²) in [6.45, 7) is 8.52. The third-order valence-electron chi connectivity index (χ3n) is 4.00. The Hall–Kier alpha value is -0.510. The van der Waals surface area contributed by atoms with Gasteiger partial charge in [-0.2, -0.15) is 11.8 Å². The quantitative estimate of drug-likeness (QED) is 0.824. The van der Waals surface area contributed by atoms with E-state index in [1.807, 2.05) is 11.8 Å². The zero-order chi connectivity index (χ0) is 14.4. The predicted molar refractivity (Wildman–Crippen MR) is 88.6 cm³/mol. The molecule has 0 saturated carbocycles. The second kappa shape index (κ2) is 8.06. The summed E-state index contributed by atoms with van der Waals surface area (Å²) < 4.78 is 5.69. The molecule has 20 heavy (non-hydrogen) atoms. The average molecular weight is 293 g/mol. The number of ether oxygens (including phenoxy) is 1. The van der Waals surface area contributed by atoms with E-state index in [-0.39, 0.29) is 0 Å². The van der Waals surface area contributed by atoms with Crippen molar-refractivity contribution >= 4 is 11.8 Å². The Balaban J connectivity index is 1.89. The van der Waals surface area contributed by atoms with Crippen molar-refractivity contribution in [2.45, 2.75) is 45.8 Å². The third-order valence-corrected chi connectivity index (χ3v) is 5.17. The van der Waals surface area contributed by atoms with Crippen molar-refractivity contribution in [3.63, 3.8) is 0 Å². The summed E-state index contributed by atoms with van der Waals surface area (Å²) in [5.41, 5.74) is 4.17. The number of rotatable bonds is 7. The molecule has 3 heteroatoms. The fraction of sp³-hybridized carbons (Fsp3) is 0.647. The Morgan fingerprint density at radius 2 is 2.20 bits per heavy atom. The lowest BCUT2D eigenvalue weighted by atomic mass is 10.0. The van der Waals surface area contributed by atoms with Gasteiger partial charge in [0, 0.05) is 24.2 Å². The molecule has 2 unspecified atom stereocenters. The molecule has 1 aliphatic rings. The summed E-state index contributed by atoms with van der Waals surface area (Å²) in [7, 11) is 0. The minimum Gasteiger partial charge on any atom is -0.377 e. The average Bonchev–Trinajstić information content (AvgIpc) is 2.94. The van der Waals surface area contributed by atoms with Gasteiger partial charge in [-0.1, -0.05) is 25.1 Å². The van der Waals surface area contributed by atoms with Gasteiger partial charge in [0.05, 0.1) is 6.10 Å². The van der Waals surface area contributed by atoms with E-state index in [0.29, 0.717) is 12.1 Å². The van der Waals surface area contributed by atoms with Crippen LogP contribution in [0.2, 0.25) is 0 Å². The Morgan fingerprint density at radius 1 is 1.35 bits per heavy atom. The Kier molecular flexibility index (Phi) is 6.40. The van der Waals surface area contributed by atoms with E-state index in [9.17, 15) is 0 Å². The lowest BCUT2D eigenvalue weighted by molar-refractivity contribution is 0.129. The number of thioether (sulfide) groups is 1. The maximum absolute atomic E-state index is 5.69. The summed E-state index contributed by atoms with van der Waals surface area (Å²) in [4.78, 5) is 0. The Labute approximate surface area is 127 Å². The molecule has 1 N–H and O–H groups in total.